The van der Waals surface area contributed by atoms with Gasteiger partial charge in [0, 0.05) is 58.0 Å². The maximum Gasteiger partial charge on any atom is 0.280 e. The van der Waals surface area contributed by atoms with Gasteiger partial charge in [0.15, 0.2) is 5.43 Å². The lowest BCUT2D eigenvalue weighted by Crippen LogP contribution is -2.21. The second-order valence-corrected chi connectivity index (χ2v) is 11.4. The summed E-state index contributed by atoms with van der Waals surface area (Å²) in [6, 6.07) is 28.9. The van der Waals surface area contributed by atoms with Gasteiger partial charge < -0.3 is 18.8 Å². The molecule has 0 bridgehead atoms. The van der Waals surface area contributed by atoms with E-state index in [1.807, 2.05) is 73.8 Å². The summed E-state index contributed by atoms with van der Waals surface area (Å²) in [5.41, 5.74) is 4.38. The monoisotopic (exact) mass is 629 g/mol. The van der Waals surface area contributed by atoms with Gasteiger partial charge >= 0.3 is 0 Å². The van der Waals surface area contributed by atoms with E-state index in [4.69, 9.17) is 20.8 Å². The number of carbonyl (C=O) groups excluding carboxylic acids is 1. The van der Waals surface area contributed by atoms with Gasteiger partial charge in [0.25, 0.3) is 5.91 Å². The van der Waals surface area contributed by atoms with Crippen LogP contribution in [0.25, 0.3) is 39.3 Å². The Morgan fingerprint density at radius 3 is 2.59 bits per heavy atom. The number of phenolic OH excluding ortho intramolecular Hbond substituents is 1. The number of hydrazone groups is 1. The SMILES string of the molecule is CC1=NN(c2cccc(Cl)c2)C(=O)/C1=C\c1cn(CCCOc2cc(O)c3c(=O)cc(-c4ccccc4)oc3c2)c2ccccc12. The van der Waals surface area contributed by atoms with Crippen LogP contribution in [0.1, 0.15) is 18.9 Å². The number of benzene rings is 4. The average Bonchev–Trinajstić information content (AvgIpc) is 3.55. The summed E-state index contributed by atoms with van der Waals surface area (Å²) in [4.78, 5) is 26.1. The third kappa shape index (κ3) is 5.55. The molecule has 2 aromatic heterocycles. The second-order valence-electron chi connectivity index (χ2n) is 11.0. The topological polar surface area (TPSA) is 97.3 Å². The number of nitrogens with zero attached hydrogens (tertiary/aromatic N) is 3. The standard InChI is InChI=1S/C37H28ClN3O5/c1-23-30(37(44)41(39-23)27-12-7-11-26(38)18-27)17-25-22-40(31-14-6-5-13-29(25)31)15-8-16-45-28-19-32(42)36-33(43)21-34(46-35(36)20-28)24-9-3-2-4-10-24/h2-7,9-14,17-22,42H,8,15-16H2,1H3/b30-17-. The predicted octanol–water partition coefficient (Wildman–Crippen LogP) is 8.05. The largest absolute Gasteiger partial charge is 0.507 e. The maximum atomic E-state index is 13.4. The number of aromatic hydroxyl groups is 1. The van der Waals surface area contributed by atoms with E-state index in [-0.39, 0.29) is 28.1 Å². The van der Waals surface area contributed by atoms with Gasteiger partial charge in [0.1, 0.15) is 28.2 Å². The van der Waals surface area contributed by atoms with E-state index in [9.17, 15) is 14.7 Å². The quantitative estimate of drug-likeness (QED) is 0.136. The molecule has 1 aliphatic heterocycles. The molecule has 3 heterocycles. The van der Waals surface area contributed by atoms with Crippen molar-refractivity contribution in [2.45, 2.75) is 19.9 Å². The van der Waals surface area contributed by atoms with E-state index in [0.29, 0.717) is 53.1 Å². The Labute approximate surface area is 269 Å². The summed E-state index contributed by atoms with van der Waals surface area (Å²) >= 11 is 6.15. The minimum atomic E-state index is -0.327. The van der Waals surface area contributed by atoms with E-state index in [1.54, 1.807) is 30.3 Å². The molecule has 0 aliphatic carbocycles. The number of ether oxygens (including phenoxy) is 1. The zero-order valence-corrected chi connectivity index (χ0v) is 25.6. The Bertz CT molecular complexity index is 2250. The Morgan fingerprint density at radius 2 is 1.76 bits per heavy atom. The molecule has 0 fully saturated rings. The van der Waals surface area contributed by atoms with Gasteiger partial charge in [-0.15, -0.1) is 0 Å². The number of rotatable bonds is 8. The van der Waals surface area contributed by atoms with Crippen LogP contribution in [0, 0.1) is 0 Å². The molecule has 0 saturated carbocycles. The Hall–Kier alpha value is -5.60. The summed E-state index contributed by atoms with van der Waals surface area (Å²) in [7, 11) is 0. The molecule has 4 aromatic carbocycles. The molecule has 1 N–H and O–H groups in total. The van der Waals surface area contributed by atoms with E-state index >= 15 is 0 Å². The number of aryl methyl sites for hydroxylation is 1. The summed E-state index contributed by atoms with van der Waals surface area (Å²) in [6.07, 6.45) is 4.57. The van der Waals surface area contributed by atoms with Crippen LogP contribution in [0.4, 0.5) is 5.69 Å². The van der Waals surface area contributed by atoms with Crippen LogP contribution < -0.4 is 15.2 Å². The van der Waals surface area contributed by atoms with E-state index < -0.39 is 0 Å². The van der Waals surface area contributed by atoms with Crippen molar-refractivity contribution in [3.8, 4) is 22.8 Å². The zero-order chi connectivity index (χ0) is 31.8. The summed E-state index contributed by atoms with van der Waals surface area (Å²) in [5.74, 6) is 0.414. The fourth-order valence-corrected chi connectivity index (χ4v) is 5.88. The Morgan fingerprint density at radius 1 is 0.957 bits per heavy atom. The molecule has 0 spiro atoms. The van der Waals surface area contributed by atoms with Crippen molar-refractivity contribution >= 4 is 56.9 Å². The third-order valence-corrected chi connectivity index (χ3v) is 8.12. The molecule has 9 heteroatoms. The van der Waals surface area contributed by atoms with Crippen molar-refractivity contribution in [1.29, 1.82) is 0 Å². The van der Waals surface area contributed by atoms with Gasteiger partial charge in [-0.2, -0.15) is 10.1 Å². The first-order chi connectivity index (χ1) is 22.4. The van der Waals surface area contributed by atoms with Gasteiger partial charge in [-0.1, -0.05) is 66.2 Å². The maximum absolute atomic E-state index is 13.4. The number of amides is 1. The zero-order valence-electron chi connectivity index (χ0n) is 24.8. The van der Waals surface area contributed by atoms with Crippen LogP contribution in [0.2, 0.25) is 5.02 Å². The molecule has 7 rings (SSSR count). The van der Waals surface area contributed by atoms with Crippen molar-refractivity contribution in [2.24, 2.45) is 5.10 Å². The van der Waals surface area contributed by atoms with E-state index in [2.05, 4.69) is 9.67 Å². The van der Waals surface area contributed by atoms with Gasteiger partial charge in [-0.05, 0) is 43.7 Å². The molecule has 1 aliphatic rings. The number of hydrogen-bond donors (Lipinski definition) is 1. The van der Waals surface area contributed by atoms with Crippen molar-refractivity contribution in [3.05, 3.63) is 130 Å². The highest BCUT2D eigenvalue weighted by molar-refractivity contribution is 6.33. The molecule has 1 amide bonds. The van der Waals surface area contributed by atoms with Crippen LogP contribution in [0.3, 0.4) is 0 Å². The van der Waals surface area contributed by atoms with Crippen LogP contribution in [-0.4, -0.2) is 27.9 Å². The lowest BCUT2D eigenvalue weighted by atomic mass is 10.1. The van der Waals surface area contributed by atoms with E-state index in [0.717, 1.165) is 22.0 Å². The van der Waals surface area contributed by atoms with Crippen molar-refractivity contribution < 1.29 is 19.1 Å². The number of anilines is 1. The van der Waals surface area contributed by atoms with Crippen LogP contribution in [-0.2, 0) is 11.3 Å². The second kappa shape index (κ2) is 12.1. The molecule has 8 nitrogen and oxygen atoms in total. The lowest BCUT2D eigenvalue weighted by molar-refractivity contribution is -0.114. The molecular formula is C37H28ClN3O5. The van der Waals surface area contributed by atoms with Gasteiger partial charge in [0.05, 0.1) is 23.6 Å². The summed E-state index contributed by atoms with van der Waals surface area (Å²) in [6.45, 7) is 2.82. The third-order valence-electron chi connectivity index (χ3n) is 7.89. The minimum absolute atomic E-state index is 0.115. The van der Waals surface area contributed by atoms with Crippen LogP contribution in [0.5, 0.6) is 11.5 Å². The fourth-order valence-electron chi connectivity index (χ4n) is 5.69. The number of aromatic nitrogens is 1. The number of carbonyl (C=O) groups is 1. The molecular weight excluding hydrogens is 602 g/mol. The molecule has 0 saturated heterocycles. The molecule has 0 radical (unpaired) electrons. The smallest absolute Gasteiger partial charge is 0.280 e. The van der Waals surface area contributed by atoms with E-state index in [1.165, 1.54) is 17.1 Å². The molecule has 6 aromatic rings. The first-order valence-corrected chi connectivity index (χ1v) is 15.2. The molecule has 46 heavy (non-hydrogen) atoms. The number of halogens is 1. The summed E-state index contributed by atoms with van der Waals surface area (Å²) < 4.78 is 14.1. The van der Waals surface area contributed by atoms with Crippen LogP contribution >= 0.6 is 11.6 Å². The number of hydrogen-bond acceptors (Lipinski definition) is 6. The highest BCUT2D eigenvalue weighted by Gasteiger charge is 2.29. The Balaban J connectivity index is 1.09. The first kappa shape index (κ1) is 29.1. The average molecular weight is 630 g/mol. The normalized spacial score (nSPS) is 14.0. The molecule has 0 unspecified atom stereocenters. The number of phenols is 1. The van der Waals surface area contributed by atoms with Gasteiger partial charge in [-0.25, -0.2) is 0 Å². The van der Waals surface area contributed by atoms with Gasteiger partial charge in [-0.3, -0.25) is 9.59 Å². The van der Waals surface area contributed by atoms with Crippen LogP contribution in [0.15, 0.2) is 123 Å². The minimum Gasteiger partial charge on any atom is -0.507 e. The predicted molar refractivity (Wildman–Crippen MR) is 182 cm³/mol. The fraction of sp³-hybridized carbons (Fsp3) is 0.108. The highest BCUT2D eigenvalue weighted by atomic mass is 35.5. The van der Waals surface area contributed by atoms with Crippen molar-refractivity contribution in [2.75, 3.05) is 11.6 Å². The highest BCUT2D eigenvalue weighted by Crippen LogP contribution is 2.32. The molecule has 228 valence electrons. The number of fused-ring (bicyclic) bond motifs is 2. The number of para-hydroxylation sites is 1. The lowest BCUT2D eigenvalue weighted by Gasteiger charge is -2.11. The first-order valence-electron chi connectivity index (χ1n) is 14.8. The summed E-state index contributed by atoms with van der Waals surface area (Å²) in [5, 5.41) is 18.1. The van der Waals surface area contributed by atoms with Crippen molar-refractivity contribution in [3.63, 3.8) is 0 Å². The Kier molecular flexibility index (Phi) is 7.64. The molecule has 0 atom stereocenters. The van der Waals surface area contributed by atoms with Crippen molar-refractivity contribution in [1.82, 2.24) is 4.57 Å². The van der Waals surface area contributed by atoms with Gasteiger partial charge in [0.2, 0.25) is 0 Å².